The molecule has 2 atom stereocenters. The summed E-state index contributed by atoms with van der Waals surface area (Å²) in [6.07, 6.45) is 76.2. The van der Waals surface area contributed by atoms with Crippen LogP contribution in [0.1, 0.15) is 400 Å². The van der Waals surface area contributed by atoms with Crippen molar-refractivity contribution < 1.29 is 34.3 Å². The Morgan fingerprint density at radius 3 is 0.468 bits per heavy atom. The van der Waals surface area contributed by atoms with Gasteiger partial charge in [0.15, 0.2) is 0 Å². The molecule has 0 N–H and O–H groups in total. The fraction of sp³-hybridized carbons (Fsp3) is 1.00. The van der Waals surface area contributed by atoms with Crippen LogP contribution in [0.15, 0.2) is 0 Å². The monoisotopic (exact) mass is 1160 g/mol. The Morgan fingerprint density at radius 1 is 0.234 bits per heavy atom. The maximum Gasteiger partial charge on any atom is 2.00 e. The maximum absolute atomic E-state index is 10.9. The SMILES string of the molecule is CCCCCCCCCCCCCCCCCCCC(CCCCCCCCCCCC)COS(=O)(=O)[O-].CCCCCCCCCCCCCCCCCCCC(CCCCCCCCCCCC)COS(=O)(=O)[O-].[Ca+2]. The largest absolute Gasteiger partial charge is 2.00 e. The summed E-state index contributed by atoms with van der Waals surface area (Å²) in [4.78, 5) is 0. The Morgan fingerprint density at radius 2 is 0.351 bits per heavy atom. The zero-order valence-corrected chi connectivity index (χ0v) is 56.2. The van der Waals surface area contributed by atoms with Crippen LogP contribution in [0.2, 0.25) is 0 Å². The number of rotatable bonds is 64. The van der Waals surface area contributed by atoms with Gasteiger partial charge in [-0.3, -0.25) is 8.37 Å². The Labute approximate surface area is 513 Å². The van der Waals surface area contributed by atoms with Crippen LogP contribution >= 0.6 is 0 Å². The summed E-state index contributed by atoms with van der Waals surface area (Å²) in [6, 6.07) is 0. The van der Waals surface area contributed by atoms with E-state index in [2.05, 4.69) is 36.1 Å². The van der Waals surface area contributed by atoms with Crippen molar-refractivity contribution >= 4 is 58.5 Å². The van der Waals surface area contributed by atoms with Crippen molar-refractivity contribution in [2.24, 2.45) is 11.8 Å². The molecular formula is C66H134CaO8S2. The molecule has 0 amide bonds. The van der Waals surface area contributed by atoms with Crippen LogP contribution in [0.25, 0.3) is 0 Å². The van der Waals surface area contributed by atoms with Crippen LogP contribution < -0.4 is 0 Å². The number of hydrogen-bond donors (Lipinski definition) is 0. The molecule has 0 heterocycles. The van der Waals surface area contributed by atoms with E-state index in [0.29, 0.717) is 0 Å². The third-order valence-corrected chi connectivity index (χ3v) is 17.1. The van der Waals surface area contributed by atoms with Crippen LogP contribution in [0.5, 0.6) is 0 Å². The molecule has 0 saturated carbocycles. The van der Waals surface area contributed by atoms with Gasteiger partial charge < -0.3 is 9.11 Å². The molecule has 0 rings (SSSR count). The Hall–Kier alpha value is 1.000. The molecule has 0 aromatic heterocycles. The van der Waals surface area contributed by atoms with E-state index in [1.807, 2.05) is 0 Å². The van der Waals surface area contributed by atoms with E-state index in [4.69, 9.17) is 0 Å². The van der Waals surface area contributed by atoms with Crippen molar-refractivity contribution in [1.29, 1.82) is 0 Å². The molecule has 77 heavy (non-hydrogen) atoms. The minimum atomic E-state index is -4.58. The second-order valence-corrected chi connectivity index (χ2v) is 26.1. The molecule has 0 aliphatic rings. The van der Waals surface area contributed by atoms with E-state index in [9.17, 15) is 25.9 Å². The van der Waals surface area contributed by atoms with E-state index >= 15 is 0 Å². The molecule has 0 bridgehead atoms. The van der Waals surface area contributed by atoms with Crippen molar-refractivity contribution in [3.8, 4) is 0 Å². The molecular weight excluding hydrogens is 1020 g/mol. The smallest absolute Gasteiger partial charge is 0.726 e. The molecule has 0 aromatic rings. The van der Waals surface area contributed by atoms with Gasteiger partial charge in [0.2, 0.25) is 20.8 Å². The van der Waals surface area contributed by atoms with Crippen molar-refractivity contribution in [1.82, 2.24) is 0 Å². The standard InChI is InChI=1S/2C33H68O4S.Ca/c2*1-3-5-7-9-11-13-15-16-17-18-19-20-21-23-25-27-29-31-33(32-37-38(34,35)36)30-28-26-24-22-14-12-10-8-6-4-2;/h2*33H,3-32H2,1-2H3,(H,34,35,36);/q;;+2/p-2. The quantitative estimate of drug-likeness (QED) is 0.0254. The second-order valence-electron chi connectivity index (χ2n) is 23.9. The van der Waals surface area contributed by atoms with Gasteiger partial charge >= 0.3 is 37.7 Å². The van der Waals surface area contributed by atoms with Gasteiger partial charge in [-0.05, 0) is 37.5 Å². The first-order valence-electron chi connectivity index (χ1n) is 34.2. The Balaban J connectivity index is -0.00000140. The predicted molar refractivity (Wildman–Crippen MR) is 335 cm³/mol. The van der Waals surface area contributed by atoms with Crippen LogP contribution in [0.4, 0.5) is 0 Å². The van der Waals surface area contributed by atoms with E-state index in [1.165, 1.54) is 321 Å². The van der Waals surface area contributed by atoms with Gasteiger partial charge in [0.1, 0.15) is 0 Å². The molecule has 2 unspecified atom stereocenters. The molecule has 0 spiro atoms. The van der Waals surface area contributed by atoms with Gasteiger partial charge in [0, 0.05) is 0 Å². The topological polar surface area (TPSA) is 133 Å². The zero-order valence-electron chi connectivity index (χ0n) is 52.4. The average Bonchev–Trinajstić information content (AvgIpc) is 3.39. The normalized spacial score (nSPS) is 12.6. The number of hydrogen-bond acceptors (Lipinski definition) is 8. The minimum Gasteiger partial charge on any atom is -0.726 e. The summed E-state index contributed by atoms with van der Waals surface area (Å²) in [5.41, 5.74) is 0. The molecule has 0 fully saturated rings. The van der Waals surface area contributed by atoms with Crippen LogP contribution in [0.3, 0.4) is 0 Å². The fourth-order valence-electron chi connectivity index (χ4n) is 11.1. The fourth-order valence-corrected chi connectivity index (χ4v) is 11.9. The van der Waals surface area contributed by atoms with Gasteiger partial charge in [-0.15, -0.1) is 0 Å². The van der Waals surface area contributed by atoms with Crippen molar-refractivity contribution in [2.75, 3.05) is 13.2 Å². The van der Waals surface area contributed by atoms with Gasteiger partial charge in [-0.25, -0.2) is 16.8 Å². The van der Waals surface area contributed by atoms with Crippen LogP contribution in [-0.2, 0) is 29.2 Å². The van der Waals surface area contributed by atoms with Crippen LogP contribution in [-0.4, -0.2) is 76.9 Å². The summed E-state index contributed by atoms with van der Waals surface area (Å²) < 4.78 is 74.9. The van der Waals surface area contributed by atoms with Gasteiger partial charge in [-0.1, -0.05) is 374 Å². The van der Waals surface area contributed by atoms with Crippen molar-refractivity contribution in [3.05, 3.63) is 0 Å². The number of unbranched alkanes of at least 4 members (excludes halogenated alkanes) is 50. The molecule has 0 saturated heterocycles. The van der Waals surface area contributed by atoms with E-state index in [-0.39, 0.29) is 62.8 Å². The van der Waals surface area contributed by atoms with Gasteiger partial charge in [-0.2, -0.15) is 0 Å². The first-order chi connectivity index (χ1) is 37.0. The minimum absolute atomic E-state index is 0. The van der Waals surface area contributed by atoms with Crippen molar-refractivity contribution in [3.63, 3.8) is 0 Å². The molecule has 0 aliphatic heterocycles. The van der Waals surface area contributed by atoms with E-state index < -0.39 is 20.8 Å². The van der Waals surface area contributed by atoms with Crippen molar-refractivity contribution in [2.45, 2.75) is 400 Å². The first kappa shape index (κ1) is 82.2. The van der Waals surface area contributed by atoms with Crippen LogP contribution in [0, 0.1) is 11.8 Å². The summed E-state index contributed by atoms with van der Waals surface area (Å²) in [7, 11) is -9.17. The second kappa shape index (κ2) is 67.8. The Bertz CT molecular complexity index is 1200. The average molecular weight is 1160 g/mol. The summed E-state index contributed by atoms with van der Waals surface area (Å²) in [5, 5.41) is 0. The van der Waals surface area contributed by atoms with Gasteiger partial charge in [0.25, 0.3) is 0 Å². The van der Waals surface area contributed by atoms with E-state index in [1.54, 1.807) is 0 Å². The Kier molecular flexibility index (Phi) is 72.4. The first-order valence-corrected chi connectivity index (χ1v) is 36.9. The third-order valence-electron chi connectivity index (χ3n) is 16.3. The molecule has 0 radical (unpaired) electrons. The zero-order chi connectivity index (χ0) is 56.0. The van der Waals surface area contributed by atoms with Gasteiger partial charge in [0.05, 0.1) is 13.2 Å². The van der Waals surface area contributed by atoms with E-state index in [0.717, 1.165) is 51.4 Å². The maximum atomic E-state index is 10.9. The third kappa shape index (κ3) is 77.0. The summed E-state index contributed by atoms with van der Waals surface area (Å²) in [5.74, 6) is 0.396. The predicted octanol–water partition coefficient (Wildman–Crippen LogP) is 22.5. The summed E-state index contributed by atoms with van der Waals surface area (Å²) >= 11 is 0. The molecule has 11 heteroatoms. The molecule has 460 valence electrons. The molecule has 8 nitrogen and oxygen atoms in total. The summed E-state index contributed by atoms with van der Waals surface area (Å²) in [6.45, 7) is 9.22. The molecule has 0 aliphatic carbocycles. The molecule has 0 aromatic carbocycles.